The Morgan fingerprint density at radius 2 is 2.05 bits per heavy atom. The zero-order chi connectivity index (χ0) is 14.8. The first-order valence-corrected chi connectivity index (χ1v) is 7.84. The average Bonchev–Trinajstić information content (AvgIpc) is 2.41. The largest absolute Gasteiger partial charge is 0.301 e. The molecule has 1 aromatic carbocycles. The summed E-state index contributed by atoms with van der Waals surface area (Å²) in [6.45, 7) is 2.96. The summed E-state index contributed by atoms with van der Waals surface area (Å²) >= 11 is 0. The number of nitriles is 1. The van der Waals surface area contributed by atoms with Crippen molar-refractivity contribution < 1.29 is 12.8 Å². The summed E-state index contributed by atoms with van der Waals surface area (Å²) in [4.78, 5) is 0. The minimum atomic E-state index is -3.74. The molecule has 0 unspecified atom stereocenters. The quantitative estimate of drug-likeness (QED) is 0.928. The van der Waals surface area contributed by atoms with E-state index >= 15 is 0 Å². The predicted molar refractivity (Wildman–Crippen MR) is 73.6 cm³/mol. The molecule has 0 saturated carbocycles. The third-order valence-corrected chi connectivity index (χ3v) is 4.94. The molecule has 0 atom stereocenters. The first-order chi connectivity index (χ1) is 9.42. The van der Waals surface area contributed by atoms with Crippen molar-refractivity contribution in [1.29, 1.82) is 5.26 Å². The van der Waals surface area contributed by atoms with Crippen LogP contribution in [0.25, 0.3) is 0 Å². The maximum absolute atomic E-state index is 13.7. The van der Waals surface area contributed by atoms with Crippen LogP contribution in [0.4, 0.5) is 10.1 Å². The van der Waals surface area contributed by atoms with Crippen LogP contribution >= 0.6 is 0 Å². The van der Waals surface area contributed by atoms with E-state index in [-0.39, 0.29) is 11.3 Å². The van der Waals surface area contributed by atoms with Crippen LogP contribution in [0.15, 0.2) is 18.2 Å². The monoisotopic (exact) mass is 297 g/mol. The number of nitrogens with zero attached hydrogens (tertiary/aromatic N) is 2. The smallest absolute Gasteiger partial charge is 0.268 e. The van der Waals surface area contributed by atoms with E-state index in [1.54, 1.807) is 6.07 Å². The molecule has 1 aromatic rings. The standard InChI is InChI=1S/C13H16FN3O2S/c1-10-4-6-17(7-5-10)20(18,19)16-13-3-2-11(9-15)8-12(13)14/h2-3,8,10,16H,4-7H2,1H3. The molecule has 0 aliphatic carbocycles. The van der Waals surface area contributed by atoms with Gasteiger partial charge in [0.15, 0.2) is 0 Å². The molecule has 5 nitrogen and oxygen atoms in total. The van der Waals surface area contributed by atoms with Gasteiger partial charge in [0.05, 0.1) is 17.3 Å². The summed E-state index contributed by atoms with van der Waals surface area (Å²) in [5.74, 6) is -0.244. The third-order valence-electron chi connectivity index (χ3n) is 3.42. The van der Waals surface area contributed by atoms with Crippen molar-refractivity contribution in [3.05, 3.63) is 29.6 Å². The molecular weight excluding hydrogens is 281 g/mol. The van der Waals surface area contributed by atoms with Crippen molar-refractivity contribution in [3.8, 4) is 6.07 Å². The molecule has 1 heterocycles. The van der Waals surface area contributed by atoms with Crippen LogP contribution in [0.1, 0.15) is 25.3 Å². The molecule has 20 heavy (non-hydrogen) atoms. The van der Waals surface area contributed by atoms with Crippen LogP contribution in [0.3, 0.4) is 0 Å². The third kappa shape index (κ3) is 3.26. The summed E-state index contributed by atoms with van der Waals surface area (Å²) in [5, 5.41) is 8.65. The fraction of sp³-hybridized carbons (Fsp3) is 0.462. The van der Waals surface area contributed by atoms with Gasteiger partial charge < -0.3 is 0 Å². The number of benzene rings is 1. The van der Waals surface area contributed by atoms with Crippen molar-refractivity contribution in [3.63, 3.8) is 0 Å². The molecule has 0 amide bonds. The fourth-order valence-corrected chi connectivity index (χ4v) is 3.36. The van der Waals surface area contributed by atoms with E-state index in [4.69, 9.17) is 5.26 Å². The van der Waals surface area contributed by atoms with Crippen molar-refractivity contribution in [2.24, 2.45) is 5.92 Å². The predicted octanol–water partition coefficient (Wildman–Crippen LogP) is 2.09. The van der Waals surface area contributed by atoms with E-state index < -0.39 is 16.0 Å². The van der Waals surface area contributed by atoms with Gasteiger partial charge in [-0.2, -0.15) is 18.0 Å². The average molecular weight is 297 g/mol. The summed E-state index contributed by atoms with van der Waals surface area (Å²) in [6.07, 6.45) is 1.60. The fourth-order valence-electron chi connectivity index (χ4n) is 2.10. The van der Waals surface area contributed by atoms with Crippen LogP contribution < -0.4 is 4.72 Å². The first kappa shape index (κ1) is 14.8. The maximum Gasteiger partial charge on any atom is 0.301 e. The zero-order valence-electron chi connectivity index (χ0n) is 11.1. The molecule has 0 radical (unpaired) electrons. The Kier molecular flexibility index (Phi) is 4.26. The van der Waals surface area contributed by atoms with Gasteiger partial charge in [-0.25, -0.2) is 4.39 Å². The number of halogens is 1. The van der Waals surface area contributed by atoms with Crippen molar-refractivity contribution in [2.45, 2.75) is 19.8 Å². The second-order valence-electron chi connectivity index (χ2n) is 5.00. The van der Waals surface area contributed by atoms with Crippen LogP contribution in [0.5, 0.6) is 0 Å². The number of hydrogen-bond donors (Lipinski definition) is 1. The van der Waals surface area contributed by atoms with E-state index in [2.05, 4.69) is 11.6 Å². The lowest BCUT2D eigenvalue weighted by Gasteiger charge is -2.29. The number of piperidine rings is 1. The molecule has 1 aliphatic rings. The maximum atomic E-state index is 13.7. The lowest BCUT2D eigenvalue weighted by Crippen LogP contribution is -2.41. The number of nitrogens with one attached hydrogen (secondary N) is 1. The molecule has 0 aromatic heterocycles. The number of anilines is 1. The molecule has 1 N–H and O–H groups in total. The van der Waals surface area contributed by atoms with Crippen LogP contribution in [0, 0.1) is 23.1 Å². The summed E-state index contributed by atoms with van der Waals surface area (Å²) < 4.78 is 41.6. The van der Waals surface area contributed by atoms with E-state index in [0.29, 0.717) is 19.0 Å². The van der Waals surface area contributed by atoms with E-state index in [1.807, 2.05) is 0 Å². The Morgan fingerprint density at radius 3 is 2.60 bits per heavy atom. The molecule has 1 aliphatic heterocycles. The Morgan fingerprint density at radius 1 is 1.40 bits per heavy atom. The molecule has 108 valence electrons. The SMILES string of the molecule is CC1CCN(S(=O)(=O)Nc2ccc(C#N)cc2F)CC1. The molecule has 1 saturated heterocycles. The van der Waals surface area contributed by atoms with Gasteiger partial charge in [0.25, 0.3) is 0 Å². The lowest BCUT2D eigenvalue weighted by molar-refractivity contribution is 0.289. The zero-order valence-corrected chi connectivity index (χ0v) is 12.0. The molecule has 1 fully saturated rings. The summed E-state index contributed by atoms with van der Waals surface area (Å²) in [6, 6.07) is 5.44. The van der Waals surface area contributed by atoms with Crippen molar-refractivity contribution in [2.75, 3.05) is 17.8 Å². The van der Waals surface area contributed by atoms with E-state index in [9.17, 15) is 12.8 Å². The molecule has 0 bridgehead atoms. The van der Waals surface area contributed by atoms with E-state index in [0.717, 1.165) is 18.9 Å². The molecule has 0 spiro atoms. The highest BCUT2D eigenvalue weighted by Gasteiger charge is 2.27. The van der Waals surface area contributed by atoms with Gasteiger partial charge in [0.1, 0.15) is 5.82 Å². The Hall–Kier alpha value is -1.65. The first-order valence-electron chi connectivity index (χ1n) is 6.40. The highest BCUT2D eigenvalue weighted by molar-refractivity contribution is 7.90. The normalized spacial score (nSPS) is 17.6. The van der Waals surface area contributed by atoms with Gasteiger partial charge in [0.2, 0.25) is 0 Å². The minimum absolute atomic E-state index is 0.136. The van der Waals surface area contributed by atoms with Gasteiger partial charge in [-0.3, -0.25) is 4.72 Å². The van der Waals surface area contributed by atoms with Crippen LogP contribution in [-0.2, 0) is 10.2 Å². The topological polar surface area (TPSA) is 73.2 Å². The van der Waals surface area contributed by atoms with E-state index in [1.165, 1.54) is 16.4 Å². The Balaban J connectivity index is 2.14. The summed E-state index contributed by atoms with van der Waals surface area (Å²) in [5.41, 5.74) is 0.0138. The molecular formula is C13H16FN3O2S. The Labute approximate surface area is 118 Å². The van der Waals surface area contributed by atoms with Crippen molar-refractivity contribution in [1.82, 2.24) is 4.31 Å². The number of rotatable bonds is 3. The highest BCUT2D eigenvalue weighted by atomic mass is 32.2. The Bertz CT molecular complexity index is 632. The van der Waals surface area contributed by atoms with Gasteiger partial charge in [-0.05, 0) is 37.0 Å². The molecule has 7 heteroatoms. The number of hydrogen-bond acceptors (Lipinski definition) is 3. The van der Waals surface area contributed by atoms with Crippen molar-refractivity contribution >= 4 is 15.9 Å². The minimum Gasteiger partial charge on any atom is -0.268 e. The van der Waals surface area contributed by atoms with Crippen LogP contribution in [0.2, 0.25) is 0 Å². The highest BCUT2D eigenvalue weighted by Crippen LogP contribution is 2.22. The van der Waals surface area contributed by atoms with Gasteiger partial charge >= 0.3 is 10.2 Å². The molecule has 2 rings (SSSR count). The lowest BCUT2D eigenvalue weighted by atomic mass is 10.0. The van der Waals surface area contributed by atoms with Gasteiger partial charge in [-0.1, -0.05) is 6.92 Å². The van der Waals surface area contributed by atoms with Crippen LogP contribution in [-0.4, -0.2) is 25.8 Å². The van der Waals surface area contributed by atoms with Gasteiger partial charge in [-0.15, -0.1) is 0 Å². The second-order valence-corrected chi connectivity index (χ2v) is 6.67. The van der Waals surface area contributed by atoms with Gasteiger partial charge in [0, 0.05) is 13.1 Å². The summed E-state index contributed by atoms with van der Waals surface area (Å²) in [7, 11) is -3.74. The second kappa shape index (κ2) is 5.77.